The van der Waals surface area contributed by atoms with Crippen LogP contribution in [0.2, 0.25) is 0 Å². The molecule has 0 unspecified atom stereocenters. The van der Waals surface area contributed by atoms with Gasteiger partial charge in [-0.25, -0.2) is 4.79 Å². The topological polar surface area (TPSA) is 370 Å². The molecule has 0 saturated carbocycles. The second-order valence-corrected chi connectivity index (χ2v) is 11.6. The molecule has 0 aromatic heterocycles. The van der Waals surface area contributed by atoms with Crippen molar-refractivity contribution in [1.82, 2.24) is 26.6 Å². The Labute approximate surface area is 296 Å². The Morgan fingerprint density at radius 2 is 1.02 bits per heavy atom. The maximum atomic E-state index is 13.3. The van der Waals surface area contributed by atoms with E-state index in [2.05, 4.69) is 26.6 Å². The van der Waals surface area contributed by atoms with Gasteiger partial charge in [-0.1, -0.05) is 30.3 Å². The molecule has 6 atom stereocenters. The molecule has 0 aliphatic carbocycles. The van der Waals surface area contributed by atoms with E-state index in [1.165, 1.54) is 6.92 Å². The quantitative estimate of drug-likeness (QED) is 0.0481. The summed E-state index contributed by atoms with van der Waals surface area (Å²) in [5.74, 6) is -11.0. The third-order valence-corrected chi connectivity index (χ3v) is 7.29. The van der Waals surface area contributed by atoms with Crippen LogP contribution in [0.4, 0.5) is 0 Å². The van der Waals surface area contributed by atoms with Crippen molar-refractivity contribution in [3.8, 4) is 0 Å². The summed E-state index contributed by atoms with van der Waals surface area (Å²) in [7, 11) is 0. The highest BCUT2D eigenvalue weighted by atomic mass is 16.4. The fourth-order valence-corrected chi connectivity index (χ4v) is 4.48. The van der Waals surface area contributed by atoms with E-state index in [-0.39, 0.29) is 19.3 Å². The predicted molar refractivity (Wildman–Crippen MR) is 177 cm³/mol. The lowest BCUT2D eigenvalue weighted by molar-refractivity contribution is -0.142. The van der Waals surface area contributed by atoms with Crippen LogP contribution in [0, 0.1) is 0 Å². The first-order valence-corrected chi connectivity index (χ1v) is 15.8. The van der Waals surface area contributed by atoms with E-state index >= 15 is 0 Å². The number of rotatable bonds is 24. The van der Waals surface area contributed by atoms with E-state index in [1.54, 1.807) is 30.3 Å². The number of aliphatic carboxylic acids is 3. The van der Waals surface area contributed by atoms with Gasteiger partial charge in [-0.05, 0) is 31.7 Å². The normalized spacial score (nSPS) is 14.1. The third-order valence-electron chi connectivity index (χ3n) is 7.29. The molecule has 7 amide bonds. The molecule has 21 nitrogen and oxygen atoms in total. The second kappa shape index (κ2) is 21.9. The Balaban J connectivity index is 3.19. The molecule has 0 radical (unpaired) electrons. The highest BCUT2D eigenvalue weighted by Crippen LogP contribution is 2.08. The van der Waals surface area contributed by atoms with Gasteiger partial charge in [0, 0.05) is 25.7 Å². The van der Waals surface area contributed by atoms with Gasteiger partial charge in [0.25, 0.3) is 0 Å². The molecule has 1 aromatic carbocycles. The van der Waals surface area contributed by atoms with Gasteiger partial charge in [0.05, 0.1) is 12.5 Å². The zero-order valence-electron chi connectivity index (χ0n) is 28.2. The summed E-state index contributed by atoms with van der Waals surface area (Å²) in [4.78, 5) is 122. The van der Waals surface area contributed by atoms with E-state index in [9.17, 15) is 53.1 Å². The third kappa shape index (κ3) is 17.0. The average Bonchev–Trinajstić information content (AvgIpc) is 3.05. The van der Waals surface area contributed by atoms with E-state index in [0.29, 0.717) is 5.56 Å². The number of carbonyl (C=O) groups is 10. The predicted octanol–water partition coefficient (Wildman–Crippen LogP) is -4.04. The van der Waals surface area contributed by atoms with Crippen molar-refractivity contribution < 1.29 is 63.3 Å². The number of carboxylic acid groups (broad SMARTS) is 3. The van der Waals surface area contributed by atoms with Crippen LogP contribution in [-0.2, 0) is 54.4 Å². The zero-order chi connectivity index (χ0) is 39.5. The van der Waals surface area contributed by atoms with E-state index in [0.717, 1.165) is 0 Å². The monoisotopic (exact) mass is 736 g/mol. The van der Waals surface area contributed by atoms with Crippen LogP contribution in [0.1, 0.15) is 57.4 Å². The van der Waals surface area contributed by atoms with Crippen molar-refractivity contribution in [2.75, 3.05) is 0 Å². The molecule has 21 heteroatoms. The van der Waals surface area contributed by atoms with E-state index in [4.69, 9.17) is 27.4 Å². The first-order valence-electron chi connectivity index (χ1n) is 15.8. The van der Waals surface area contributed by atoms with Crippen molar-refractivity contribution >= 4 is 59.3 Å². The molecule has 0 heterocycles. The van der Waals surface area contributed by atoms with Crippen LogP contribution in [-0.4, -0.2) is 111 Å². The summed E-state index contributed by atoms with van der Waals surface area (Å²) < 4.78 is 0. The fraction of sp³-hybridized carbons (Fsp3) is 0.484. The maximum absolute atomic E-state index is 13.3. The number of nitrogens with one attached hydrogen (secondary N) is 5. The molecule has 1 aromatic rings. The summed E-state index contributed by atoms with van der Waals surface area (Å²) in [5, 5.41) is 38.9. The van der Waals surface area contributed by atoms with Gasteiger partial charge < -0.3 is 59.1 Å². The first kappa shape index (κ1) is 43.9. The van der Waals surface area contributed by atoms with Gasteiger partial charge in [0.15, 0.2) is 0 Å². The number of hydrogen-bond acceptors (Lipinski definition) is 11. The Bertz CT molecular complexity index is 1490. The highest BCUT2D eigenvalue weighted by molar-refractivity contribution is 5.97. The minimum Gasteiger partial charge on any atom is -0.481 e. The Kier molecular flexibility index (Phi) is 18.5. The van der Waals surface area contributed by atoms with Crippen LogP contribution in [0.15, 0.2) is 30.3 Å². The number of benzene rings is 1. The van der Waals surface area contributed by atoms with Crippen LogP contribution in [0.3, 0.4) is 0 Å². The minimum atomic E-state index is -1.62. The number of carboxylic acids is 3. The molecular weight excluding hydrogens is 692 g/mol. The standard InChI is InChI=1S/C31H44N8O13/c1-15(26(46)39-21(13-16-5-3-2-4-6-16)30(50)38-20(31(51)52)8-11-23(34)41)35-28(48)18(7-10-22(33)40)37-29(49)19(9-12-24(42)43)36-27(47)17(32)14-25(44)45/h2-6,15,17-21H,7-14,32H2,1H3,(H2,33,40)(H2,34,41)(H,35,48)(H,36,47)(H,37,49)(H,38,50)(H,39,46)(H,42,43)(H,44,45)(H,51,52)/t15-,17-,18-,19-,20-,21-/m0/s1. The average molecular weight is 737 g/mol. The van der Waals surface area contributed by atoms with Crippen molar-refractivity contribution in [2.45, 2.75) is 94.5 Å². The number of amides is 7. The summed E-state index contributed by atoms with van der Waals surface area (Å²) in [6.07, 6.45) is -3.64. The molecule has 1 rings (SSSR count). The SMILES string of the molecule is C[C@H](NC(=O)[C@H](CCC(N)=O)NC(=O)[C@H](CCC(=O)O)NC(=O)[C@@H](N)CC(=O)O)C(=O)N[C@@H](Cc1ccccc1)C(=O)N[C@@H](CCC(N)=O)C(=O)O. The molecule has 0 aliphatic rings. The van der Waals surface area contributed by atoms with Gasteiger partial charge in [0.2, 0.25) is 41.4 Å². The van der Waals surface area contributed by atoms with Crippen LogP contribution < -0.4 is 43.8 Å². The zero-order valence-corrected chi connectivity index (χ0v) is 28.2. The Morgan fingerprint density at radius 1 is 0.577 bits per heavy atom. The van der Waals surface area contributed by atoms with E-state index < -0.39 is 128 Å². The number of nitrogens with two attached hydrogens (primary N) is 3. The molecule has 0 bridgehead atoms. The number of carbonyl (C=O) groups excluding carboxylic acids is 7. The summed E-state index contributed by atoms with van der Waals surface area (Å²) >= 11 is 0. The molecule has 0 spiro atoms. The van der Waals surface area contributed by atoms with E-state index in [1.807, 2.05) is 0 Å². The highest BCUT2D eigenvalue weighted by Gasteiger charge is 2.32. The molecule has 14 N–H and O–H groups in total. The summed E-state index contributed by atoms with van der Waals surface area (Å²) in [6.45, 7) is 1.21. The Morgan fingerprint density at radius 3 is 1.52 bits per heavy atom. The van der Waals surface area contributed by atoms with Crippen molar-refractivity contribution in [3.63, 3.8) is 0 Å². The van der Waals surface area contributed by atoms with Crippen LogP contribution >= 0.6 is 0 Å². The van der Waals surface area contributed by atoms with Gasteiger partial charge >= 0.3 is 17.9 Å². The summed E-state index contributed by atoms with van der Waals surface area (Å²) in [6, 6.07) is -0.871. The smallest absolute Gasteiger partial charge is 0.326 e. The molecule has 0 aliphatic heterocycles. The maximum Gasteiger partial charge on any atom is 0.326 e. The van der Waals surface area contributed by atoms with Gasteiger partial charge in [0.1, 0.15) is 30.2 Å². The van der Waals surface area contributed by atoms with Crippen molar-refractivity contribution in [2.24, 2.45) is 17.2 Å². The molecule has 0 fully saturated rings. The molecule has 0 saturated heterocycles. The Hall–Kier alpha value is -6.12. The van der Waals surface area contributed by atoms with Crippen molar-refractivity contribution in [1.29, 1.82) is 0 Å². The molecule has 52 heavy (non-hydrogen) atoms. The lowest BCUT2D eigenvalue weighted by Crippen LogP contribution is -2.59. The molecule has 286 valence electrons. The first-order chi connectivity index (χ1) is 24.3. The number of primary amides is 2. The molecular formula is C31H44N8O13. The van der Waals surface area contributed by atoms with Crippen LogP contribution in [0.5, 0.6) is 0 Å². The number of hydrogen-bond donors (Lipinski definition) is 11. The lowest BCUT2D eigenvalue weighted by atomic mass is 10.0. The minimum absolute atomic E-state index is 0.127. The van der Waals surface area contributed by atoms with Gasteiger partial charge in [-0.3, -0.25) is 43.2 Å². The summed E-state index contributed by atoms with van der Waals surface area (Å²) in [5.41, 5.74) is 16.4. The fourth-order valence-electron chi connectivity index (χ4n) is 4.48. The van der Waals surface area contributed by atoms with Gasteiger partial charge in [-0.15, -0.1) is 0 Å². The van der Waals surface area contributed by atoms with Crippen LogP contribution in [0.25, 0.3) is 0 Å². The largest absolute Gasteiger partial charge is 0.481 e. The second-order valence-electron chi connectivity index (χ2n) is 11.6. The lowest BCUT2D eigenvalue weighted by Gasteiger charge is -2.26. The van der Waals surface area contributed by atoms with Crippen molar-refractivity contribution in [3.05, 3.63) is 35.9 Å². The van der Waals surface area contributed by atoms with Gasteiger partial charge in [-0.2, -0.15) is 0 Å².